The summed E-state index contributed by atoms with van der Waals surface area (Å²) in [5, 5.41) is 3.61. The Morgan fingerprint density at radius 1 is 1.09 bits per heavy atom. The van der Waals surface area contributed by atoms with E-state index in [0.717, 1.165) is 30.5 Å². The number of amides is 1. The number of para-hydroxylation sites is 2. The molecule has 0 aliphatic heterocycles. The lowest BCUT2D eigenvalue weighted by atomic mass is 9.97. The van der Waals surface area contributed by atoms with Crippen LogP contribution in [0.1, 0.15) is 42.5 Å². The number of nitrogens with two attached hydrogens (primary N) is 1. The standard InChI is InChI=1S/C25H24ClN5O/c26-17-9-6-10-18(15-17)31-23(27)21(25(32)28-14-13-16-7-2-1-3-8-16)22-24(31)30-20-12-5-4-11-19(20)29-22/h4-7,9-12,15H,1-3,8,13-14,27H2,(H,28,32). The first-order valence-corrected chi connectivity index (χ1v) is 11.3. The van der Waals surface area contributed by atoms with Crippen molar-refractivity contribution in [3.63, 3.8) is 0 Å². The maximum absolute atomic E-state index is 13.3. The summed E-state index contributed by atoms with van der Waals surface area (Å²) in [5.41, 5.74) is 11.5. The first-order chi connectivity index (χ1) is 15.6. The van der Waals surface area contributed by atoms with Crippen molar-refractivity contribution < 1.29 is 4.79 Å². The average molecular weight is 446 g/mol. The van der Waals surface area contributed by atoms with Gasteiger partial charge in [0.2, 0.25) is 0 Å². The molecule has 0 saturated heterocycles. The summed E-state index contributed by atoms with van der Waals surface area (Å²) in [5.74, 6) is 0.0567. The number of halogens is 1. The van der Waals surface area contributed by atoms with E-state index in [4.69, 9.17) is 27.3 Å². The zero-order valence-electron chi connectivity index (χ0n) is 17.6. The lowest BCUT2D eigenvalue weighted by Crippen LogP contribution is -2.26. The van der Waals surface area contributed by atoms with Gasteiger partial charge in [0.1, 0.15) is 16.9 Å². The van der Waals surface area contributed by atoms with Gasteiger partial charge in [0.25, 0.3) is 5.91 Å². The summed E-state index contributed by atoms with van der Waals surface area (Å²) in [7, 11) is 0. The summed E-state index contributed by atoms with van der Waals surface area (Å²) < 4.78 is 1.75. The molecule has 1 aliphatic carbocycles. The van der Waals surface area contributed by atoms with Crippen molar-refractivity contribution >= 4 is 45.5 Å². The van der Waals surface area contributed by atoms with Crippen LogP contribution < -0.4 is 11.1 Å². The predicted molar refractivity (Wildman–Crippen MR) is 129 cm³/mol. The molecule has 0 radical (unpaired) electrons. The molecule has 6 nitrogen and oxygen atoms in total. The Kier molecular flexibility index (Phi) is 5.53. The molecule has 32 heavy (non-hydrogen) atoms. The van der Waals surface area contributed by atoms with E-state index in [2.05, 4.69) is 11.4 Å². The SMILES string of the molecule is Nc1c(C(=O)NCCC2=CCCCC2)c2nc3ccccc3nc2n1-c1cccc(Cl)c1. The Morgan fingerprint density at radius 2 is 1.91 bits per heavy atom. The largest absolute Gasteiger partial charge is 0.384 e. The fraction of sp³-hybridized carbons (Fsp3) is 0.240. The lowest BCUT2D eigenvalue weighted by Gasteiger charge is -2.13. The molecule has 2 heterocycles. The molecule has 0 bridgehead atoms. The second-order valence-corrected chi connectivity index (χ2v) is 8.51. The highest BCUT2D eigenvalue weighted by atomic mass is 35.5. The third-order valence-corrected chi connectivity index (χ3v) is 6.14. The number of nitrogen functional groups attached to an aromatic ring is 1. The van der Waals surface area contributed by atoms with Crippen LogP contribution in [0.2, 0.25) is 5.02 Å². The molecule has 4 aromatic rings. The number of benzene rings is 2. The van der Waals surface area contributed by atoms with Gasteiger partial charge in [0.15, 0.2) is 5.65 Å². The van der Waals surface area contributed by atoms with Crippen LogP contribution in [-0.4, -0.2) is 27.0 Å². The zero-order valence-corrected chi connectivity index (χ0v) is 18.4. The Hall–Kier alpha value is -3.38. The number of aromatic nitrogens is 3. The van der Waals surface area contributed by atoms with Crippen molar-refractivity contribution in [2.45, 2.75) is 32.1 Å². The van der Waals surface area contributed by atoms with Gasteiger partial charge in [0, 0.05) is 11.6 Å². The molecule has 0 unspecified atom stereocenters. The van der Waals surface area contributed by atoms with Crippen LogP contribution in [0, 0.1) is 0 Å². The van der Waals surface area contributed by atoms with Gasteiger partial charge in [-0.05, 0) is 62.4 Å². The lowest BCUT2D eigenvalue weighted by molar-refractivity contribution is 0.0956. The highest BCUT2D eigenvalue weighted by Gasteiger charge is 2.24. The number of hydrogen-bond acceptors (Lipinski definition) is 4. The summed E-state index contributed by atoms with van der Waals surface area (Å²) in [4.78, 5) is 22.8. The van der Waals surface area contributed by atoms with Crippen molar-refractivity contribution in [2.75, 3.05) is 12.3 Å². The molecule has 2 aromatic heterocycles. The van der Waals surface area contributed by atoms with Crippen molar-refractivity contribution in [1.29, 1.82) is 0 Å². The first-order valence-electron chi connectivity index (χ1n) is 10.9. The molecule has 0 fully saturated rings. The first kappa shape index (κ1) is 20.5. The monoisotopic (exact) mass is 445 g/mol. The molecule has 162 valence electrons. The number of allylic oxidation sites excluding steroid dienone is 1. The van der Waals surface area contributed by atoms with Crippen molar-refractivity contribution in [3.05, 3.63) is 70.8 Å². The minimum atomic E-state index is -0.241. The van der Waals surface area contributed by atoms with Gasteiger partial charge < -0.3 is 11.1 Å². The second-order valence-electron chi connectivity index (χ2n) is 8.07. The van der Waals surface area contributed by atoms with Gasteiger partial charge in [-0.15, -0.1) is 0 Å². The van der Waals surface area contributed by atoms with Crippen LogP contribution in [0.4, 0.5) is 5.82 Å². The fourth-order valence-corrected chi connectivity index (χ4v) is 4.50. The Morgan fingerprint density at radius 3 is 2.66 bits per heavy atom. The molecule has 7 heteroatoms. The van der Waals surface area contributed by atoms with Gasteiger partial charge >= 0.3 is 0 Å². The van der Waals surface area contributed by atoms with Crippen LogP contribution in [0.5, 0.6) is 0 Å². The van der Waals surface area contributed by atoms with E-state index < -0.39 is 0 Å². The van der Waals surface area contributed by atoms with E-state index in [9.17, 15) is 4.79 Å². The minimum Gasteiger partial charge on any atom is -0.384 e. The van der Waals surface area contributed by atoms with Crippen LogP contribution in [0.25, 0.3) is 27.9 Å². The number of carbonyl (C=O) groups excluding carboxylic acids is 1. The molecule has 0 saturated carbocycles. The number of nitrogens with zero attached hydrogens (tertiary/aromatic N) is 3. The fourth-order valence-electron chi connectivity index (χ4n) is 4.32. The maximum atomic E-state index is 13.3. The maximum Gasteiger partial charge on any atom is 0.257 e. The number of nitrogens with one attached hydrogen (secondary N) is 1. The molecule has 1 amide bonds. The number of anilines is 1. The highest BCUT2D eigenvalue weighted by molar-refractivity contribution is 6.30. The van der Waals surface area contributed by atoms with Gasteiger partial charge in [-0.2, -0.15) is 0 Å². The van der Waals surface area contributed by atoms with Crippen LogP contribution >= 0.6 is 11.6 Å². The molecule has 0 spiro atoms. The Labute approximate surface area is 191 Å². The van der Waals surface area contributed by atoms with Crippen LogP contribution in [0.3, 0.4) is 0 Å². The minimum absolute atomic E-state index is 0.241. The number of hydrogen-bond donors (Lipinski definition) is 2. The molecule has 1 aliphatic rings. The van der Waals surface area contributed by atoms with E-state index in [0.29, 0.717) is 39.6 Å². The van der Waals surface area contributed by atoms with Gasteiger partial charge in [-0.25, -0.2) is 9.97 Å². The Balaban J connectivity index is 1.58. The summed E-state index contributed by atoms with van der Waals surface area (Å²) in [6, 6.07) is 14.9. The van der Waals surface area contributed by atoms with E-state index in [1.54, 1.807) is 16.7 Å². The topological polar surface area (TPSA) is 85.8 Å². The highest BCUT2D eigenvalue weighted by Crippen LogP contribution is 2.31. The number of carbonyl (C=O) groups is 1. The van der Waals surface area contributed by atoms with Crippen LogP contribution in [-0.2, 0) is 0 Å². The smallest absolute Gasteiger partial charge is 0.257 e. The van der Waals surface area contributed by atoms with Gasteiger partial charge in [0.05, 0.1) is 16.7 Å². The summed E-state index contributed by atoms with van der Waals surface area (Å²) in [6.45, 7) is 0.564. The van der Waals surface area contributed by atoms with E-state index in [1.807, 2.05) is 36.4 Å². The zero-order chi connectivity index (χ0) is 22.1. The summed E-state index contributed by atoms with van der Waals surface area (Å²) >= 11 is 6.23. The summed E-state index contributed by atoms with van der Waals surface area (Å²) in [6.07, 6.45) is 7.87. The third-order valence-electron chi connectivity index (χ3n) is 5.91. The van der Waals surface area contributed by atoms with E-state index >= 15 is 0 Å². The molecule has 3 N–H and O–H groups in total. The van der Waals surface area contributed by atoms with E-state index in [1.165, 1.54) is 18.4 Å². The van der Waals surface area contributed by atoms with Gasteiger partial charge in [-0.1, -0.05) is 41.4 Å². The molecular weight excluding hydrogens is 422 g/mol. The normalized spacial score (nSPS) is 14.0. The molecule has 2 aromatic carbocycles. The number of fused-ring (bicyclic) bond motifs is 2. The van der Waals surface area contributed by atoms with Crippen LogP contribution in [0.15, 0.2) is 60.2 Å². The average Bonchev–Trinajstić information content (AvgIpc) is 3.08. The molecular formula is C25H24ClN5O. The van der Waals surface area contributed by atoms with Gasteiger partial charge in [-0.3, -0.25) is 9.36 Å². The van der Waals surface area contributed by atoms with E-state index in [-0.39, 0.29) is 5.91 Å². The predicted octanol–water partition coefficient (Wildman–Crippen LogP) is 5.43. The molecule has 0 atom stereocenters. The molecule has 5 rings (SSSR count). The Bertz CT molecular complexity index is 1360. The van der Waals surface area contributed by atoms with Crippen molar-refractivity contribution in [2.24, 2.45) is 0 Å². The quantitative estimate of drug-likeness (QED) is 0.401. The number of rotatable bonds is 5. The second kappa shape index (κ2) is 8.63. The van der Waals surface area contributed by atoms with Crippen molar-refractivity contribution in [1.82, 2.24) is 19.9 Å². The third kappa shape index (κ3) is 3.82. The van der Waals surface area contributed by atoms with Crippen molar-refractivity contribution in [3.8, 4) is 5.69 Å².